The van der Waals surface area contributed by atoms with E-state index in [4.69, 9.17) is 4.84 Å². The summed E-state index contributed by atoms with van der Waals surface area (Å²) < 4.78 is 25.6. The predicted molar refractivity (Wildman–Crippen MR) is 117 cm³/mol. The van der Waals surface area contributed by atoms with E-state index in [1.807, 2.05) is 43.3 Å². The fourth-order valence-electron chi connectivity index (χ4n) is 3.10. The maximum absolute atomic E-state index is 13.3. The molecule has 0 N–H and O–H groups in total. The van der Waals surface area contributed by atoms with Crippen molar-refractivity contribution in [3.05, 3.63) is 95.3 Å². The summed E-state index contributed by atoms with van der Waals surface area (Å²) >= 11 is 0. The lowest BCUT2D eigenvalue weighted by Gasteiger charge is -2.24. The number of carbonyl (C=O) groups is 1. The van der Waals surface area contributed by atoms with Gasteiger partial charge in [0.2, 0.25) is 0 Å². The average Bonchev–Trinajstić information content (AvgIpc) is 2.79. The van der Waals surface area contributed by atoms with Crippen molar-refractivity contribution in [1.29, 1.82) is 0 Å². The molecule has 1 aromatic heterocycles. The molecule has 0 aliphatic carbocycles. The van der Waals surface area contributed by atoms with Crippen molar-refractivity contribution in [1.82, 2.24) is 14.4 Å². The van der Waals surface area contributed by atoms with Crippen LogP contribution in [0.2, 0.25) is 0 Å². The first kappa shape index (κ1) is 22.6. The molecule has 0 spiro atoms. The van der Waals surface area contributed by atoms with E-state index in [1.54, 1.807) is 17.3 Å². The topological polar surface area (TPSA) is 79.8 Å². The minimum Gasteiger partial charge on any atom is -0.330 e. The van der Waals surface area contributed by atoms with Crippen LogP contribution in [-0.4, -0.2) is 42.8 Å². The molecule has 3 rings (SSSR count). The zero-order chi connectivity index (χ0) is 22.4. The molecule has 0 unspecified atom stereocenters. The molecule has 0 saturated heterocycles. The molecule has 0 fully saturated rings. The van der Waals surface area contributed by atoms with Crippen molar-refractivity contribution in [2.24, 2.45) is 0 Å². The summed E-state index contributed by atoms with van der Waals surface area (Å²) in [5, 5.41) is 0. The summed E-state index contributed by atoms with van der Waals surface area (Å²) in [7, 11) is -1.19. The van der Waals surface area contributed by atoms with Crippen LogP contribution in [-0.2, 0) is 28.0 Å². The molecule has 1 heterocycles. The molecular formula is C23H25N3O4S. The average molecular weight is 440 g/mol. The quantitative estimate of drug-likeness (QED) is 0.503. The Morgan fingerprint density at radius 1 is 1.00 bits per heavy atom. The molecule has 8 heteroatoms. The lowest BCUT2D eigenvalue weighted by molar-refractivity contribution is -0.0258. The number of hydrogen-bond donors (Lipinski definition) is 0. The molecule has 1 amide bonds. The van der Waals surface area contributed by atoms with E-state index < -0.39 is 10.0 Å². The van der Waals surface area contributed by atoms with Gasteiger partial charge >= 0.3 is 0 Å². The summed E-state index contributed by atoms with van der Waals surface area (Å²) in [6, 6.07) is 17.5. The maximum Gasteiger partial charge on any atom is 0.264 e. The molecular weight excluding hydrogens is 414 g/mol. The smallest absolute Gasteiger partial charge is 0.264 e. The van der Waals surface area contributed by atoms with Crippen LogP contribution in [0.1, 0.15) is 27.0 Å². The summed E-state index contributed by atoms with van der Waals surface area (Å²) in [6.45, 7) is 2.81. The fraction of sp³-hybridized carbons (Fsp3) is 0.217. The molecule has 0 aliphatic rings. The number of aryl methyl sites for hydroxylation is 1. The zero-order valence-corrected chi connectivity index (χ0v) is 18.5. The predicted octanol–water partition coefficient (Wildman–Crippen LogP) is 3.41. The zero-order valence-electron chi connectivity index (χ0n) is 17.7. The van der Waals surface area contributed by atoms with E-state index in [1.165, 1.54) is 38.4 Å². The number of carbonyl (C=O) groups excluding carboxylic acids is 1. The Morgan fingerprint density at radius 2 is 1.71 bits per heavy atom. The van der Waals surface area contributed by atoms with Gasteiger partial charge in [-0.15, -0.1) is 0 Å². The first-order chi connectivity index (χ1) is 14.8. The third-order valence-corrected chi connectivity index (χ3v) is 6.69. The van der Waals surface area contributed by atoms with Gasteiger partial charge < -0.3 is 4.90 Å². The van der Waals surface area contributed by atoms with Gasteiger partial charge in [-0.05, 0) is 53.9 Å². The second kappa shape index (κ2) is 9.82. The highest BCUT2D eigenvalue weighted by Gasteiger charge is 2.22. The number of hydroxylamine groups is 1. The Labute approximate surface area is 182 Å². The SMILES string of the molecule is CON(C)S(=O)(=O)c1ccc(C(=O)N(Cc2cccnc2)Cc2ccccc2C)cc1. The van der Waals surface area contributed by atoms with Crippen LogP contribution in [0.5, 0.6) is 0 Å². The highest BCUT2D eigenvalue weighted by atomic mass is 32.2. The van der Waals surface area contributed by atoms with E-state index in [9.17, 15) is 13.2 Å². The van der Waals surface area contributed by atoms with Gasteiger partial charge in [-0.25, -0.2) is 8.42 Å². The van der Waals surface area contributed by atoms with Crippen molar-refractivity contribution in [2.75, 3.05) is 14.2 Å². The van der Waals surface area contributed by atoms with Crippen LogP contribution < -0.4 is 0 Å². The van der Waals surface area contributed by atoms with Crippen molar-refractivity contribution >= 4 is 15.9 Å². The van der Waals surface area contributed by atoms with Crippen molar-refractivity contribution < 1.29 is 18.0 Å². The van der Waals surface area contributed by atoms with Crippen LogP contribution in [0.15, 0.2) is 78.0 Å². The largest absolute Gasteiger partial charge is 0.330 e. The van der Waals surface area contributed by atoms with Gasteiger partial charge in [-0.1, -0.05) is 34.8 Å². The monoisotopic (exact) mass is 439 g/mol. The number of pyridine rings is 1. The lowest BCUT2D eigenvalue weighted by Crippen LogP contribution is -2.30. The third-order valence-electron chi connectivity index (χ3n) is 5.00. The normalized spacial score (nSPS) is 11.5. The molecule has 0 radical (unpaired) electrons. The number of aromatic nitrogens is 1. The van der Waals surface area contributed by atoms with Gasteiger partial charge in [0, 0.05) is 38.1 Å². The number of amides is 1. The third kappa shape index (κ3) is 5.35. The fourth-order valence-corrected chi connectivity index (χ4v) is 4.08. The summed E-state index contributed by atoms with van der Waals surface area (Å²) in [6.07, 6.45) is 3.42. The highest BCUT2D eigenvalue weighted by Crippen LogP contribution is 2.19. The van der Waals surface area contributed by atoms with E-state index >= 15 is 0 Å². The molecule has 0 aliphatic heterocycles. The summed E-state index contributed by atoms with van der Waals surface area (Å²) in [5.74, 6) is -0.198. The molecule has 3 aromatic rings. The van der Waals surface area contributed by atoms with Gasteiger partial charge in [0.05, 0.1) is 12.0 Å². The Kier molecular flexibility index (Phi) is 7.17. The number of sulfonamides is 1. The Balaban J connectivity index is 1.89. The molecule has 162 valence electrons. The van der Waals surface area contributed by atoms with Crippen molar-refractivity contribution in [2.45, 2.75) is 24.9 Å². The minimum atomic E-state index is -3.78. The molecule has 0 bridgehead atoms. The Bertz CT molecular complexity index is 1130. The first-order valence-corrected chi connectivity index (χ1v) is 11.1. The number of hydrogen-bond acceptors (Lipinski definition) is 5. The first-order valence-electron chi connectivity index (χ1n) is 9.68. The van der Waals surface area contributed by atoms with Crippen LogP contribution in [0.25, 0.3) is 0 Å². The lowest BCUT2D eigenvalue weighted by atomic mass is 10.1. The summed E-state index contributed by atoms with van der Waals surface area (Å²) in [4.78, 5) is 24.0. The molecule has 31 heavy (non-hydrogen) atoms. The second-order valence-electron chi connectivity index (χ2n) is 7.07. The van der Waals surface area contributed by atoms with E-state index in [-0.39, 0.29) is 10.8 Å². The Morgan fingerprint density at radius 3 is 2.32 bits per heavy atom. The van der Waals surface area contributed by atoms with Gasteiger partial charge in [0.15, 0.2) is 0 Å². The number of nitrogens with zero attached hydrogens (tertiary/aromatic N) is 3. The maximum atomic E-state index is 13.3. The standard InChI is InChI=1S/C23H25N3O4S/c1-18-7-4-5-9-21(18)17-26(16-19-8-6-14-24-15-19)23(27)20-10-12-22(13-11-20)31(28,29)25(2)30-3/h4-15H,16-17H2,1-3H3. The van der Waals surface area contributed by atoms with Gasteiger partial charge in [0.1, 0.15) is 0 Å². The molecule has 0 saturated carbocycles. The van der Waals surface area contributed by atoms with Gasteiger partial charge in [-0.2, -0.15) is 0 Å². The molecule has 0 atom stereocenters. The van der Waals surface area contributed by atoms with Gasteiger partial charge in [0.25, 0.3) is 15.9 Å². The van der Waals surface area contributed by atoms with E-state index in [0.29, 0.717) is 18.7 Å². The van der Waals surface area contributed by atoms with E-state index in [2.05, 4.69) is 4.98 Å². The van der Waals surface area contributed by atoms with Crippen LogP contribution >= 0.6 is 0 Å². The summed E-state index contributed by atoms with van der Waals surface area (Å²) in [5.41, 5.74) is 3.44. The van der Waals surface area contributed by atoms with Crippen molar-refractivity contribution in [3.8, 4) is 0 Å². The number of benzene rings is 2. The van der Waals surface area contributed by atoms with Crippen LogP contribution in [0, 0.1) is 6.92 Å². The highest BCUT2D eigenvalue weighted by molar-refractivity contribution is 7.89. The van der Waals surface area contributed by atoms with E-state index in [0.717, 1.165) is 21.2 Å². The molecule has 7 nitrogen and oxygen atoms in total. The van der Waals surface area contributed by atoms with Crippen molar-refractivity contribution in [3.63, 3.8) is 0 Å². The molecule has 2 aromatic carbocycles. The minimum absolute atomic E-state index is 0.0473. The van der Waals surface area contributed by atoms with Crippen LogP contribution in [0.4, 0.5) is 0 Å². The second-order valence-corrected chi connectivity index (χ2v) is 9.01. The van der Waals surface area contributed by atoms with Crippen LogP contribution in [0.3, 0.4) is 0 Å². The van der Waals surface area contributed by atoms with Gasteiger partial charge in [-0.3, -0.25) is 14.6 Å². The Hall–Kier alpha value is -3.07. The number of rotatable bonds is 8.